The van der Waals surface area contributed by atoms with E-state index in [2.05, 4.69) is 0 Å². The van der Waals surface area contributed by atoms with Gasteiger partial charge in [-0.3, -0.25) is 4.79 Å². The lowest BCUT2D eigenvalue weighted by atomic mass is 10.0. The molecule has 2 aliphatic rings. The van der Waals surface area contributed by atoms with Crippen molar-refractivity contribution in [2.24, 2.45) is 0 Å². The molecule has 2 rings (SSSR count). The Labute approximate surface area is 125 Å². The van der Waals surface area contributed by atoms with Crippen LogP contribution in [0.15, 0.2) is 0 Å². The van der Waals surface area contributed by atoms with E-state index in [4.69, 9.17) is 5.11 Å². The topological polar surface area (TPSA) is 91.8 Å². The number of carbonyl (C=O) groups is 2. The van der Waals surface area contributed by atoms with Crippen molar-refractivity contribution in [2.45, 2.75) is 62.7 Å². The quantitative estimate of drug-likeness (QED) is 0.822. The smallest absolute Gasteiger partial charge is 0.326 e. The highest BCUT2D eigenvalue weighted by Gasteiger charge is 2.34. The summed E-state index contributed by atoms with van der Waals surface area (Å²) in [6, 6.07) is -0.791. The molecular formula is C14H23NO5S. The summed E-state index contributed by atoms with van der Waals surface area (Å²) in [5, 5.41) is 8.84. The van der Waals surface area contributed by atoms with Crippen LogP contribution in [0.25, 0.3) is 0 Å². The van der Waals surface area contributed by atoms with E-state index in [0.29, 0.717) is 25.8 Å². The van der Waals surface area contributed by atoms with E-state index in [1.54, 1.807) is 0 Å². The van der Waals surface area contributed by atoms with Crippen LogP contribution < -0.4 is 0 Å². The molecule has 21 heavy (non-hydrogen) atoms. The maximum atomic E-state index is 12.2. The fourth-order valence-electron chi connectivity index (χ4n) is 3.27. The summed E-state index contributed by atoms with van der Waals surface area (Å²) in [6.45, 7) is 0.416. The number of aliphatic carboxylic acids is 1. The van der Waals surface area contributed by atoms with E-state index in [1.807, 2.05) is 0 Å². The molecule has 1 heterocycles. The Kier molecular flexibility index (Phi) is 5.24. The molecule has 6 nitrogen and oxygen atoms in total. The highest BCUT2D eigenvalue weighted by Crippen LogP contribution is 2.26. The minimum absolute atomic E-state index is 0.0946. The molecule has 0 aromatic rings. The van der Waals surface area contributed by atoms with Crippen molar-refractivity contribution < 1.29 is 23.1 Å². The molecule has 1 aliphatic heterocycles. The first kappa shape index (κ1) is 16.3. The third-order valence-electron chi connectivity index (χ3n) is 4.52. The van der Waals surface area contributed by atoms with Gasteiger partial charge in [-0.1, -0.05) is 12.8 Å². The maximum absolute atomic E-state index is 12.2. The third kappa shape index (κ3) is 3.96. The predicted molar refractivity (Wildman–Crippen MR) is 77.6 cm³/mol. The normalized spacial score (nSPS) is 24.2. The molecule has 120 valence electrons. The van der Waals surface area contributed by atoms with Crippen molar-refractivity contribution in [2.75, 3.05) is 12.3 Å². The van der Waals surface area contributed by atoms with Crippen LogP contribution in [0.5, 0.6) is 0 Å². The van der Waals surface area contributed by atoms with Crippen molar-refractivity contribution in [3.8, 4) is 0 Å². The van der Waals surface area contributed by atoms with Crippen LogP contribution in [0, 0.1) is 0 Å². The summed E-state index contributed by atoms with van der Waals surface area (Å²) in [5.74, 6) is -1.50. The lowest BCUT2D eigenvalue weighted by Crippen LogP contribution is -2.48. The Hall–Kier alpha value is -1.11. The molecule has 1 amide bonds. The van der Waals surface area contributed by atoms with Crippen molar-refractivity contribution in [3.05, 3.63) is 0 Å². The van der Waals surface area contributed by atoms with E-state index >= 15 is 0 Å². The number of piperidine rings is 1. The number of likely N-dealkylation sites (tertiary alicyclic amines) is 1. The number of nitrogens with zero attached hydrogens (tertiary/aromatic N) is 1. The molecule has 1 saturated heterocycles. The zero-order valence-electron chi connectivity index (χ0n) is 12.2. The van der Waals surface area contributed by atoms with Crippen LogP contribution in [-0.4, -0.2) is 53.9 Å². The molecule has 0 bridgehead atoms. The van der Waals surface area contributed by atoms with Crippen LogP contribution in [-0.2, 0) is 19.4 Å². The number of carboxylic acids is 1. The fourth-order valence-corrected chi connectivity index (χ4v) is 5.12. The molecular weight excluding hydrogens is 294 g/mol. The lowest BCUT2D eigenvalue weighted by Gasteiger charge is -2.33. The monoisotopic (exact) mass is 317 g/mol. The summed E-state index contributed by atoms with van der Waals surface area (Å²) in [5.41, 5.74) is 0. The van der Waals surface area contributed by atoms with E-state index < -0.39 is 21.8 Å². The van der Waals surface area contributed by atoms with Gasteiger partial charge in [-0.2, -0.15) is 0 Å². The third-order valence-corrected chi connectivity index (χ3v) is 6.78. The number of amides is 1. The molecule has 0 aromatic carbocycles. The van der Waals surface area contributed by atoms with Gasteiger partial charge in [0.2, 0.25) is 5.91 Å². The SMILES string of the molecule is O=C(O)[C@H]1CCCCN1C(=O)CCS(=O)(=O)C1CCCC1. The zero-order valence-corrected chi connectivity index (χ0v) is 13.0. The van der Waals surface area contributed by atoms with E-state index in [1.165, 1.54) is 4.90 Å². The highest BCUT2D eigenvalue weighted by molar-refractivity contribution is 7.92. The number of sulfone groups is 1. The average Bonchev–Trinajstić information content (AvgIpc) is 3.00. The van der Waals surface area contributed by atoms with Gasteiger partial charge in [0.1, 0.15) is 6.04 Å². The summed E-state index contributed by atoms with van der Waals surface area (Å²) in [7, 11) is -3.23. The van der Waals surface area contributed by atoms with Gasteiger partial charge in [0, 0.05) is 13.0 Å². The first-order valence-electron chi connectivity index (χ1n) is 7.65. The largest absolute Gasteiger partial charge is 0.480 e. The second-order valence-electron chi connectivity index (χ2n) is 5.96. The minimum atomic E-state index is -3.23. The first-order chi connectivity index (χ1) is 9.92. The number of hydrogen-bond acceptors (Lipinski definition) is 4. The Balaban J connectivity index is 1.92. The second kappa shape index (κ2) is 6.77. The molecule has 1 saturated carbocycles. The van der Waals surface area contributed by atoms with Crippen molar-refractivity contribution in [1.29, 1.82) is 0 Å². The minimum Gasteiger partial charge on any atom is -0.480 e. The molecule has 2 fully saturated rings. The van der Waals surface area contributed by atoms with Gasteiger partial charge in [-0.25, -0.2) is 13.2 Å². The Morgan fingerprint density at radius 1 is 1.05 bits per heavy atom. The van der Waals surface area contributed by atoms with Crippen LogP contribution >= 0.6 is 0 Å². The van der Waals surface area contributed by atoms with Gasteiger partial charge in [0.05, 0.1) is 11.0 Å². The first-order valence-corrected chi connectivity index (χ1v) is 9.37. The molecule has 1 N–H and O–H groups in total. The second-order valence-corrected chi connectivity index (χ2v) is 8.36. The summed E-state index contributed by atoms with van der Waals surface area (Å²) >= 11 is 0. The summed E-state index contributed by atoms with van der Waals surface area (Å²) in [6.07, 6.45) is 5.19. The van der Waals surface area contributed by atoms with Gasteiger partial charge in [-0.15, -0.1) is 0 Å². The fraction of sp³-hybridized carbons (Fsp3) is 0.857. The van der Waals surface area contributed by atoms with Crippen molar-refractivity contribution in [1.82, 2.24) is 4.90 Å². The lowest BCUT2D eigenvalue weighted by molar-refractivity contribution is -0.151. The van der Waals surface area contributed by atoms with E-state index in [9.17, 15) is 18.0 Å². The van der Waals surface area contributed by atoms with Gasteiger partial charge < -0.3 is 10.0 Å². The summed E-state index contributed by atoms with van der Waals surface area (Å²) in [4.78, 5) is 24.7. The maximum Gasteiger partial charge on any atom is 0.326 e. The molecule has 1 aliphatic carbocycles. The Morgan fingerprint density at radius 2 is 1.67 bits per heavy atom. The van der Waals surface area contributed by atoms with Crippen LogP contribution in [0.3, 0.4) is 0 Å². The van der Waals surface area contributed by atoms with Gasteiger partial charge in [0.25, 0.3) is 0 Å². The molecule has 0 unspecified atom stereocenters. The number of rotatable bonds is 5. The van der Waals surface area contributed by atoms with E-state index in [0.717, 1.165) is 25.7 Å². The summed E-state index contributed by atoms with van der Waals surface area (Å²) < 4.78 is 24.3. The molecule has 1 atom stereocenters. The number of carbonyl (C=O) groups excluding carboxylic acids is 1. The predicted octanol–water partition coefficient (Wildman–Crippen LogP) is 1.20. The number of hydrogen-bond donors (Lipinski definition) is 1. The molecule has 7 heteroatoms. The van der Waals surface area contributed by atoms with Crippen molar-refractivity contribution >= 4 is 21.7 Å². The van der Waals surface area contributed by atoms with Crippen LogP contribution in [0.4, 0.5) is 0 Å². The highest BCUT2D eigenvalue weighted by atomic mass is 32.2. The molecule has 0 radical (unpaired) electrons. The average molecular weight is 317 g/mol. The van der Waals surface area contributed by atoms with Gasteiger partial charge in [0.15, 0.2) is 9.84 Å². The Bertz CT molecular complexity index is 495. The van der Waals surface area contributed by atoms with Gasteiger partial charge in [-0.05, 0) is 32.1 Å². The number of carboxylic acid groups (broad SMARTS) is 1. The molecule has 0 aromatic heterocycles. The van der Waals surface area contributed by atoms with Crippen molar-refractivity contribution in [3.63, 3.8) is 0 Å². The van der Waals surface area contributed by atoms with Crippen LogP contribution in [0.1, 0.15) is 51.4 Å². The standard InChI is InChI=1S/C14H23NO5S/c16-13(15-9-4-3-7-12(15)14(17)18)8-10-21(19,20)11-5-1-2-6-11/h11-12H,1-10H2,(H,17,18)/t12-/m1/s1. The van der Waals surface area contributed by atoms with Gasteiger partial charge >= 0.3 is 5.97 Å². The van der Waals surface area contributed by atoms with Crippen LogP contribution in [0.2, 0.25) is 0 Å². The Morgan fingerprint density at radius 3 is 2.29 bits per heavy atom. The zero-order chi connectivity index (χ0) is 15.5. The molecule has 0 spiro atoms. The van der Waals surface area contributed by atoms with E-state index in [-0.39, 0.29) is 23.3 Å².